The fourth-order valence-electron chi connectivity index (χ4n) is 0.809. The van der Waals surface area contributed by atoms with Gasteiger partial charge in [0.2, 0.25) is 5.88 Å². The van der Waals surface area contributed by atoms with E-state index in [2.05, 4.69) is 9.72 Å². The van der Waals surface area contributed by atoms with Crippen molar-refractivity contribution in [3.63, 3.8) is 0 Å². The Labute approximate surface area is 71.4 Å². The van der Waals surface area contributed by atoms with Gasteiger partial charge < -0.3 is 4.74 Å². The number of hydrogen-bond acceptors (Lipinski definition) is 2. The molecule has 0 spiro atoms. The van der Waals surface area contributed by atoms with Crippen LogP contribution in [0.2, 0.25) is 0 Å². The molecule has 0 aliphatic heterocycles. The summed E-state index contributed by atoms with van der Waals surface area (Å²) in [5, 5.41) is 0. The number of methoxy groups -OCH3 is 1. The second kappa shape index (κ2) is 3.37. The normalized spacial score (nSPS) is 15.4. The Kier molecular flexibility index (Phi) is 1.46. The second-order valence-electron chi connectivity index (χ2n) is 2.66. The van der Waals surface area contributed by atoms with Crippen LogP contribution >= 0.6 is 0 Å². The Hall–Kier alpha value is -1.05. The predicted octanol–water partition coefficient (Wildman–Crippen LogP) is 2.21. The second-order valence-corrected chi connectivity index (χ2v) is 2.66. The molecule has 0 fully saturated rings. The van der Waals surface area contributed by atoms with Crippen LogP contribution in [0.25, 0.3) is 0 Å². The third-order valence-electron chi connectivity index (χ3n) is 1.44. The molecular formula is C9H13NO. The maximum absolute atomic E-state index is 6.92. The molecule has 0 bridgehead atoms. The highest BCUT2D eigenvalue weighted by molar-refractivity contribution is 5.17. The van der Waals surface area contributed by atoms with Crippen LogP contribution < -0.4 is 4.74 Å². The lowest BCUT2D eigenvalue weighted by atomic mass is 10.1. The standard InChI is InChI=1S/C9H13NO/c1-7(2)8-5-4-6-9(10-8)11-3/h4-7H,1-3H3/i3D3. The molecule has 11 heavy (non-hydrogen) atoms. The van der Waals surface area contributed by atoms with Gasteiger partial charge in [0.15, 0.2) is 0 Å². The van der Waals surface area contributed by atoms with E-state index in [0.29, 0.717) is 0 Å². The highest BCUT2D eigenvalue weighted by atomic mass is 16.5. The summed E-state index contributed by atoms with van der Waals surface area (Å²) < 4.78 is 25.4. The van der Waals surface area contributed by atoms with Crippen molar-refractivity contribution < 1.29 is 8.85 Å². The lowest BCUT2D eigenvalue weighted by Crippen LogP contribution is -1.94. The van der Waals surface area contributed by atoms with Crippen molar-refractivity contribution >= 4 is 0 Å². The topological polar surface area (TPSA) is 22.1 Å². The molecule has 0 atom stereocenters. The fourth-order valence-corrected chi connectivity index (χ4v) is 0.809. The summed E-state index contributed by atoms with van der Waals surface area (Å²) in [6, 6.07) is 5.12. The lowest BCUT2D eigenvalue weighted by Gasteiger charge is -2.04. The number of aromatic nitrogens is 1. The van der Waals surface area contributed by atoms with Gasteiger partial charge in [-0.15, -0.1) is 0 Å². The van der Waals surface area contributed by atoms with Gasteiger partial charge in [-0.05, 0) is 12.0 Å². The van der Waals surface area contributed by atoms with Crippen molar-refractivity contribution in [2.24, 2.45) is 0 Å². The van der Waals surface area contributed by atoms with Gasteiger partial charge in [-0.25, -0.2) is 4.98 Å². The third-order valence-corrected chi connectivity index (χ3v) is 1.44. The van der Waals surface area contributed by atoms with Crippen LogP contribution in [0.15, 0.2) is 18.2 Å². The number of rotatable bonds is 2. The average molecular weight is 154 g/mol. The molecule has 0 radical (unpaired) electrons. The number of pyridine rings is 1. The summed E-state index contributed by atoms with van der Waals surface area (Å²) in [4.78, 5) is 4.08. The Morgan fingerprint density at radius 1 is 1.55 bits per heavy atom. The summed E-state index contributed by atoms with van der Waals surface area (Å²) in [7, 11) is -2.43. The number of nitrogens with zero attached hydrogens (tertiary/aromatic N) is 1. The number of ether oxygens (including phenoxy) is 1. The molecule has 0 aliphatic rings. The van der Waals surface area contributed by atoms with E-state index in [9.17, 15) is 0 Å². The largest absolute Gasteiger partial charge is 0.481 e. The summed E-state index contributed by atoms with van der Waals surface area (Å²) in [5.74, 6) is 0.409. The van der Waals surface area contributed by atoms with Gasteiger partial charge in [0, 0.05) is 11.8 Å². The van der Waals surface area contributed by atoms with Crippen molar-refractivity contribution in [2.45, 2.75) is 19.8 Å². The van der Waals surface area contributed by atoms with E-state index >= 15 is 0 Å². The van der Waals surface area contributed by atoms with Crippen molar-refractivity contribution in [1.29, 1.82) is 0 Å². The minimum atomic E-state index is -2.43. The van der Waals surface area contributed by atoms with Crippen molar-refractivity contribution in [2.75, 3.05) is 7.04 Å². The van der Waals surface area contributed by atoms with E-state index in [1.165, 1.54) is 6.07 Å². The SMILES string of the molecule is [2H]C([2H])([2H])Oc1cccc(C(C)C)n1. The van der Waals surface area contributed by atoms with Crippen LogP contribution in [0.5, 0.6) is 5.88 Å². The zero-order valence-corrected chi connectivity index (χ0v) is 6.66. The van der Waals surface area contributed by atoms with Crippen molar-refractivity contribution in [1.82, 2.24) is 4.98 Å². The van der Waals surface area contributed by atoms with Gasteiger partial charge in [-0.1, -0.05) is 19.9 Å². The molecule has 1 rings (SSSR count). The highest BCUT2D eigenvalue weighted by Crippen LogP contribution is 2.14. The van der Waals surface area contributed by atoms with E-state index in [1.807, 2.05) is 19.9 Å². The van der Waals surface area contributed by atoms with Crippen LogP contribution in [0.1, 0.15) is 29.6 Å². The van der Waals surface area contributed by atoms with Crippen LogP contribution in [-0.2, 0) is 0 Å². The maximum Gasteiger partial charge on any atom is 0.213 e. The predicted molar refractivity (Wildman–Crippen MR) is 44.9 cm³/mol. The molecule has 1 aromatic rings. The Morgan fingerprint density at radius 2 is 2.36 bits per heavy atom. The first-order valence-corrected chi connectivity index (χ1v) is 3.54. The Bertz CT molecular complexity index is 309. The molecule has 60 valence electrons. The van der Waals surface area contributed by atoms with Crippen LogP contribution in [-0.4, -0.2) is 12.0 Å². The molecule has 0 aliphatic carbocycles. The van der Waals surface area contributed by atoms with E-state index in [0.717, 1.165) is 5.69 Å². The van der Waals surface area contributed by atoms with E-state index < -0.39 is 7.04 Å². The smallest absolute Gasteiger partial charge is 0.213 e. The zero-order chi connectivity index (χ0) is 10.8. The molecule has 0 unspecified atom stereocenters. The summed E-state index contributed by atoms with van der Waals surface area (Å²) >= 11 is 0. The first kappa shape index (κ1) is 4.75. The molecule has 0 amide bonds. The third kappa shape index (κ3) is 1.93. The first-order chi connectivity index (χ1) is 6.38. The maximum atomic E-state index is 6.92. The van der Waals surface area contributed by atoms with Crippen LogP contribution in [0, 0.1) is 0 Å². The molecule has 1 aromatic heterocycles. The van der Waals surface area contributed by atoms with Crippen molar-refractivity contribution in [3.8, 4) is 5.88 Å². The van der Waals surface area contributed by atoms with Crippen molar-refractivity contribution in [3.05, 3.63) is 23.9 Å². The first-order valence-electron chi connectivity index (χ1n) is 5.04. The summed E-state index contributed by atoms with van der Waals surface area (Å²) in [6.07, 6.45) is 0. The molecule has 2 nitrogen and oxygen atoms in total. The van der Waals surface area contributed by atoms with Gasteiger partial charge in [0.25, 0.3) is 0 Å². The fraction of sp³-hybridized carbons (Fsp3) is 0.444. The Balaban J connectivity index is 2.84. The van der Waals surface area contributed by atoms with E-state index in [1.54, 1.807) is 6.07 Å². The van der Waals surface area contributed by atoms with Crippen LogP contribution in [0.4, 0.5) is 0 Å². The Morgan fingerprint density at radius 3 is 3.00 bits per heavy atom. The van der Waals surface area contributed by atoms with E-state index in [-0.39, 0.29) is 11.8 Å². The van der Waals surface area contributed by atoms with Gasteiger partial charge >= 0.3 is 0 Å². The molecule has 0 N–H and O–H groups in total. The molecule has 0 saturated heterocycles. The van der Waals surface area contributed by atoms with Gasteiger partial charge in [-0.2, -0.15) is 0 Å². The molecular weight excluding hydrogens is 138 g/mol. The van der Waals surface area contributed by atoms with Crippen LogP contribution in [0.3, 0.4) is 0 Å². The van der Waals surface area contributed by atoms with Gasteiger partial charge in [0.1, 0.15) is 0 Å². The molecule has 0 aromatic carbocycles. The minimum absolute atomic E-state index is 0.149. The molecule has 2 heteroatoms. The summed E-state index contributed by atoms with van der Waals surface area (Å²) in [6.45, 7) is 3.98. The quantitative estimate of drug-likeness (QED) is 0.651. The van der Waals surface area contributed by atoms with Gasteiger partial charge in [0.05, 0.1) is 11.2 Å². The number of hydrogen-bond donors (Lipinski definition) is 0. The molecule has 1 heterocycles. The molecule has 0 saturated carbocycles. The minimum Gasteiger partial charge on any atom is -0.481 e. The summed E-state index contributed by atoms with van der Waals surface area (Å²) in [5.41, 5.74) is 0.826. The monoisotopic (exact) mass is 154 g/mol. The average Bonchev–Trinajstić information content (AvgIpc) is 2.01. The highest BCUT2D eigenvalue weighted by Gasteiger charge is 2.00. The van der Waals surface area contributed by atoms with Gasteiger partial charge in [-0.3, -0.25) is 0 Å². The zero-order valence-electron chi connectivity index (χ0n) is 9.66. The lowest BCUT2D eigenvalue weighted by molar-refractivity contribution is 0.395. The van der Waals surface area contributed by atoms with E-state index in [4.69, 9.17) is 4.11 Å².